The third-order valence-corrected chi connectivity index (χ3v) is 2.51. The molecule has 1 saturated carbocycles. The second-order valence-electron chi connectivity index (χ2n) is 3.54. The first-order chi connectivity index (χ1) is 5.33. The molecule has 0 aromatic rings. The van der Waals surface area contributed by atoms with Gasteiger partial charge in [-0.15, -0.1) is 0 Å². The van der Waals surface area contributed by atoms with E-state index in [1.807, 2.05) is 0 Å². The lowest BCUT2D eigenvalue weighted by molar-refractivity contribution is -0.109. The molecule has 0 unspecified atom stereocenters. The van der Waals surface area contributed by atoms with Crippen LogP contribution in [0.25, 0.3) is 0 Å². The highest BCUT2D eigenvalue weighted by Crippen LogP contribution is 2.26. The van der Waals surface area contributed by atoms with E-state index in [0.717, 1.165) is 18.6 Å². The van der Waals surface area contributed by atoms with Crippen LogP contribution in [-0.4, -0.2) is 12.3 Å². The molecule has 1 atom stereocenters. The second-order valence-corrected chi connectivity index (χ2v) is 3.54. The predicted octanol–water partition coefficient (Wildman–Crippen LogP) is 1.48. The molecule has 0 aliphatic heterocycles. The van der Waals surface area contributed by atoms with Crippen molar-refractivity contribution in [2.24, 2.45) is 11.7 Å². The van der Waals surface area contributed by atoms with Crippen LogP contribution in [0.4, 0.5) is 0 Å². The van der Waals surface area contributed by atoms with Gasteiger partial charge in [-0.1, -0.05) is 32.1 Å². The summed E-state index contributed by atoms with van der Waals surface area (Å²) >= 11 is 0. The van der Waals surface area contributed by atoms with E-state index in [0.29, 0.717) is 0 Å². The van der Waals surface area contributed by atoms with Gasteiger partial charge in [-0.2, -0.15) is 0 Å². The highest BCUT2D eigenvalue weighted by molar-refractivity contribution is 5.56. The fourth-order valence-corrected chi connectivity index (χ4v) is 1.86. The standard InChI is InChI=1S/C9H17NO/c10-9(7-11)6-8-4-2-1-3-5-8/h7-9H,1-6,10H2/t9-/m1/s1. The van der Waals surface area contributed by atoms with Crippen LogP contribution < -0.4 is 5.73 Å². The monoisotopic (exact) mass is 155 g/mol. The van der Waals surface area contributed by atoms with Crippen molar-refractivity contribution >= 4 is 6.29 Å². The van der Waals surface area contributed by atoms with Crippen LogP contribution >= 0.6 is 0 Å². The minimum Gasteiger partial charge on any atom is -0.322 e. The molecule has 1 rings (SSSR count). The van der Waals surface area contributed by atoms with Gasteiger partial charge in [0.1, 0.15) is 6.29 Å². The minimum absolute atomic E-state index is 0.210. The van der Waals surface area contributed by atoms with Gasteiger partial charge < -0.3 is 10.5 Å². The smallest absolute Gasteiger partial charge is 0.136 e. The van der Waals surface area contributed by atoms with E-state index >= 15 is 0 Å². The number of aldehydes is 1. The molecule has 0 spiro atoms. The van der Waals surface area contributed by atoms with Gasteiger partial charge in [0.25, 0.3) is 0 Å². The van der Waals surface area contributed by atoms with Gasteiger partial charge in [0.05, 0.1) is 6.04 Å². The lowest BCUT2D eigenvalue weighted by Crippen LogP contribution is -2.25. The zero-order chi connectivity index (χ0) is 8.10. The Morgan fingerprint density at radius 3 is 2.55 bits per heavy atom. The quantitative estimate of drug-likeness (QED) is 0.627. The van der Waals surface area contributed by atoms with E-state index in [4.69, 9.17) is 5.73 Å². The highest BCUT2D eigenvalue weighted by Gasteiger charge is 2.15. The van der Waals surface area contributed by atoms with Crippen LogP contribution in [0.3, 0.4) is 0 Å². The number of carbonyl (C=O) groups excluding carboxylic acids is 1. The second kappa shape index (κ2) is 4.50. The van der Waals surface area contributed by atoms with Crippen molar-refractivity contribution in [1.29, 1.82) is 0 Å². The van der Waals surface area contributed by atoms with Gasteiger partial charge in [-0.3, -0.25) is 0 Å². The molecule has 1 fully saturated rings. The number of hydrogen-bond donors (Lipinski definition) is 1. The van der Waals surface area contributed by atoms with Crippen LogP contribution in [0.15, 0.2) is 0 Å². The van der Waals surface area contributed by atoms with Gasteiger partial charge in [0.15, 0.2) is 0 Å². The fraction of sp³-hybridized carbons (Fsp3) is 0.889. The molecule has 11 heavy (non-hydrogen) atoms. The van der Waals surface area contributed by atoms with Crippen molar-refractivity contribution in [2.75, 3.05) is 0 Å². The first kappa shape index (κ1) is 8.72. The van der Waals surface area contributed by atoms with E-state index in [9.17, 15) is 4.79 Å². The SMILES string of the molecule is N[C@@H](C=O)CC1CCCCC1. The van der Waals surface area contributed by atoms with Crippen molar-refractivity contribution in [3.63, 3.8) is 0 Å². The zero-order valence-corrected chi connectivity index (χ0v) is 6.96. The summed E-state index contributed by atoms with van der Waals surface area (Å²) in [5, 5.41) is 0. The molecule has 2 N–H and O–H groups in total. The van der Waals surface area contributed by atoms with Crippen molar-refractivity contribution in [3.8, 4) is 0 Å². The molecule has 0 saturated heterocycles. The van der Waals surface area contributed by atoms with Gasteiger partial charge in [-0.05, 0) is 12.3 Å². The summed E-state index contributed by atoms with van der Waals surface area (Å²) in [4.78, 5) is 10.3. The topological polar surface area (TPSA) is 43.1 Å². The van der Waals surface area contributed by atoms with Gasteiger partial charge in [-0.25, -0.2) is 0 Å². The lowest BCUT2D eigenvalue weighted by atomic mass is 9.85. The third kappa shape index (κ3) is 3.02. The summed E-state index contributed by atoms with van der Waals surface area (Å²) in [5.41, 5.74) is 5.54. The largest absolute Gasteiger partial charge is 0.322 e. The summed E-state index contributed by atoms with van der Waals surface area (Å²) in [6, 6.07) is -0.210. The number of rotatable bonds is 3. The lowest BCUT2D eigenvalue weighted by Gasteiger charge is -2.22. The summed E-state index contributed by atoms with van der Waals surface area (Å²) in [6.07, 6.45) is 8.36. The van der Waals surface area contributed by atoms with E-state index in [1.54, 1.807) is 0 Å². The van der Waals surface area contributed by atoms with Gasteiger partial charge in [0.2, 0.25) is 0 Å². The van der Waals surface area contributed by atoms with Crippen molar-refractivity contribution in [1.82, 2.24) is 0 Å². The predicted molar refractivity (Wildman–Crippen MR) is 45.2 cm³/mol. The van der Waals surface area contributed by atoms with E-state index < -0.39 is 0 Å². The Hall–Kier alpha value is -0.370. The molecule has 1 aliphatic carbocycles. The maximum absolute atomic E-state index is 10.3. The molecule has 1 aliphatic rings. The van der Waals surface area contributed by atoms with Gasteiger partial charge in [0, 0.05) is 0 Å². The molecule has 0 bridgehead atoms. The molecular formula is C9H17NO. The molecule has 0 radical (unpaired) electrons. The minimum atomic E-state index is -0.210. The molecular weight excluding hydrogens is 138 g/mol. The van der Waals surface area contributed by atoms with Crippen molar-refractivity contribution in [2.45, 2.75) is 44.6 Å². The Morgan fingerprint density at radius 2 is 2.00 bits per heavy atom. The molecule has 0 aromatic heterocycles. The highest BCUT2D eigenvalue weighted by atomic mass is 16.1. The summed E-state index contributed by atoms with van der Waals surface area (Å²) in [5.74, 6) is 0.726. The molecule has 64 valence electrons. The molecule has 0 heterocycles. The number of carbonyl (C=O) groups is 1. The van der Waals surface area contributed by atoms with E-state index in [-0.39, 0.29) is 6.04 Å². The van der Waals surface area contributed by atoms with Crippen LogP contribution in [0.2, 0.25) is 0 Å². The Morgan fingerprint density at radius 1 is 1.36 bits per heavy atom. The molecule has 2 nitrogen and oxygen atoms in total. The van der Waals surface area contributed by atoms with E-state index in [2.05, 4.69) is 0 Å². The average molecular weight is 155 g/mol. The van der Waals surface area contributed by atoms with Crippen LogP contribution in [-0.2, 0) is 4.79 Å². The van der Waals surface area contributed by atoms with Crippen LogP contribution in [0.5, 0.6) is 0 Å². The summed E-state index contributed by atoms with van der Waals surface area (Å²) < 4.78 is 0. The maximum atomic E-state index is 10.3. The van der Waals surface area contributed by atoms with Crippen molar-refractivity contribution in [3.05, 3.63) is 0 Å². The Labute approximate surface area is 68.2 Å². The molecule has 0 aromatic carbocycles. The maximum Gasteiger partial charge on any atom is 0.136 e. The molecule has 0 amide bonds. The van der Waals surface area contributed by atoms with E-state index in [1.165, 1.54) is 32.1 Å². The third-order valence-electron chi connectivity index (χ3n) is 2.51. The van der Waals surface area contributed by atoms with Gasteiger partial charge >= 0.3 is 0 Å². The number of hydrogen-bond acceptors (Lipinski definition) is 2. The fourth-order valence-electron chi connectivity index (χ4n) is 1.86. The normalized spacial score (nSPS) is 23.0. The van der Waals surface area contributed by atoms with Crippen molar-refractivity contribution < 1.29 is 4.79 Å². The first-order valence-corrected chi connectivity index (χ1v) is 4.54. The van der Waals surface area contributed by atoms with Crippen LogP contribution in [0.1, 0.15) is 38.5 Å². The Balaban J connectivity index is 2.18. The summed E-state index contributed by atoms with van der Waals surface area (Å²) in [6.45, 7) is 0. The molecule has 2 heteroatoms. The van der Waals surface area contributed by atoms with Crippen LogP contribution in [0, 0.1) is 5.92 Å². The average Bonchev–Trinajstić information content (AvgIpc) is 2.06. The Kier molecular flexibility index (Phi) is 3.57. The first-order valence-electron chi connectivity index (χ1n) is 4.54. The summed E-state index contributed by atoms with van der Waals surface area (Å²) in [7, 11) is 0. The zero-order valence-electron chi connectivity index (χ0n) is 6.96. The Bertz CT molecular complexity index is 119. The number of nitrogens with two attached hydrogens (primary N) is 1.